The van der Waals surface area contributed by atoms with E-state index in [1.165, 1.54) is 0 Å². The van der Waals surface area contributed by atoms with Crippen molar-refractivity contribution < 1.29 is 19.0 Å². The van der Waals surface area contributed by atoms with Gasteiger partial charge in [-0.2, -0.15) is 0 Å². The van der Waals surface area contributed by atoms with Crippen molar-refractivity contribution in [2.75, 3.05) is 13.2 Å². The number of nitrogens with zero attached hydrogens (tertiary/aromatic N) is 1. The van der Waals surface area contributed by atoms with Gasteiger partial charge in [0, 0.05) is 18.8 Å². The third kappa shape index (κ3) is 1.60. The molecule has 2 rings (SSSR count). The van der Waals surface area contributed by atoms with Crippen molar-refractivity contribution in [3.05, 3.63) is 33.1 Å². The van der Waals surface area contributed by atoms with E-state index in [9.17, 15) is 18.4 Å². The number of aliphatic hydroxyl groups is 2. The molecule has 1 atom stereocenters. The molecule has 6 nitrogen and oxygen atoms in total. The van der Waals surface area contributed by atoms with Gasteiger partial charge in [0.25, 0.3) is 11.5 Å². The van der Waals surface area contributed by atoms with E-state index in [1.54, 1.807) is 0 Å². The molecule has 100 valence electrons. The van der Waals surface area contributed by atoms with Gasteiger partial charge in [-0.05, 0) is 0 Å². The normalized spacial score (nSPS) is 23.9. The third-order valence-electron chi connectivity index (χ3n) is 3.53. The first-order valence-corrected chi connectivity index (χ1v) is 5.28. The Kier molecular flexibility index (Phi) is 2.86. The van der Waals surface area contributed by atoms with Crippen LogP contribution in [0.4, 0.5) is 8.78 Å². The molecular weight excluding hydrogens is 250 g/mol. The van der Waals surface area contributed by atoms with E-state index >= 15 is 0 Å². The van der Waals surface area contributed by atoms with Crippen molar-refractivity contribution >= 4 is 0 Å². The number of H-pyrrole nitrogens is 1. The molecule has 1 unspecified atom stereocenters. The lowest BCUT2D eigenvalue weighted by atomic mass is 10.1. The van der Waals surface area contributed by atoms with Gasteiger partial charge in [0.2, 0.25) is 0 Å². The van der Waals surface area contributed by atoms with Crippen LogP contribution in [0.3, 0.4) is 0 Å². The summed E-state index contributed by atoms with van der Waals surface area (Å²) >= 11 is 0. The predicted octanol–water partition coefficient (Wildman–Crippen LogP) is -1.23. The molecule has 1 fully saturated rings. The first-order chi connectivity index (χ1) is 8.39. The molecule has 8 heteroatoms. The minimum atomic E-state index is -3.23. The molecule has 1 aromatic heterocycles. The van der Waals surface area contributed by atoms with Crippen LogP contribution in [-0.2, 0) is 6.54 Å². The van der Waals surface area contributed by atoms with Crippen molar-refractivity contribution in [3.63, 3.8) is 0 Å². The highest BCUT2D eigenvalue weighted by molar-refractivity contribution is 5.17. The van der Waals surface area contributed by atoms with E-state index in [0.717, 1.165) is 16.8 Å². The van der Waals surface area contributed by atoms with Crippen LogP contribution >= 0.6 is 0 Å². The van der Waals surface area contributed by atoms with Crippen LogP contribution in [-0.4, -0.2) is 38.9 Å². The Balaban J connectivity index is 2.26. The summed E-state index contributed by atoms with van der Waals surface area (Å²) in [6.45, 7) is -2.09. The number of alkyl halides is 2. The molecule has 0 bridgehead atoms. The average Bonchev–Trinajstić information content (AvgIpc) is 2.78. The first kappa shape index (κ1) is 12.9. The molecule has 0 aromatic carbocycles. The number of nitrogens with one attached hydrogen (secondary N) is 1. The highest BCUT2D eigenvalue weighted by Gasteiger charge is 2.80. The first-order valence-electron chi connectivity index (χ1n) is 5.28. The molecule has 0 amide bonds. The van der Waals surface area contributed by atoms with Crippen LogP contribution in [0, 0.1) is 11.3 Å². The second kappa shape index (κ2) is 3.99. The number of hydrogen-bond donors (Lipinski definition) is 3. The van der Waals surface area contributed by atoms with E-state index in [-0.39, 0.29) is 6.54 Å². The Morgan fingerprint density at radius 3 is 2.39 bits per heavy atom. The van der Waals surface area contributed by atoms with Gasteiger partial charge in [-0.3, -0.25) is 9.78 Å². The van der Waals surface area contributed by atoms with Gasteiger partial charge in [-0.1, -0.05) is 0 Å². The predicted molar refractivity (Wildman–Crippen MR) is 56.4 cm³/mol. The zero-order valence-electron chi connectivity index (χ0n) is 9.27. The maximum absolute atomic E-state index is 13.5. The number of rotatable bonds is 4. The van der Waals surface area contributed by atoms with Crippen LogP contribution in [0.25, 0.3) is 0 Å². The van der Waals surface area contributed by atoms with Crippen molar-refractivity contribution in [2.45, 2.75) is 12.5 Å². The Labute approximate surface area is 99.5 Å². The maximum atomic E-state index is 13.5. The number of aromatic amines is 1. The van der Waals surface area contributed by atoms with E-state index in [0.29, 0.717) is 0 Å². The fourth-order valence-electron chi connectivity index (χ4n) is 2.15. The molecule has 0 spiro atoms. The summed E-state index contributed by atoms with van der Waals surface area (Å²) in [5.74, 6) is -4.56. The average molecular weight is 262 g/mol. The van der Waals surface area contributed by atoms with Crippen LogP contribution in [0.5, 0.6) is 0 Å². The van der Waals surface area contributed by atoms with Crippen LogP contribution in [0.2, 0.25) is 0 Å². The molecule has 1 aliphatic rings. The van der Waals surface area contributed by atoms with E-state index in [4.69, 9.17) is 10.2 Å². The Hall–Kier alpha value is -1.54. The van der Waals surface area contributed by atoms with Crippen molar-refractivity contribution in [2.24, 2.45) is 11.3 Å². The summed E-state index contributed by atoms with van der Waals surface area (Å²) in [4.78, 5) is 24.1. The maximum Gasteiger partial charge on any atom is 0.328 e. The second-order valence-electron chi connectivity index (χ2n) is 4.41. The van der Waals surface area contributed by atoms with E-state index < -0.39 is 41.7 Å². The number of halogens is 2. The summed E-state index contributed by atoms with van der Waals surface area (Å²) in [5, 5.41) is 17.9. The lowest BCUT2D eigenvalue weighted by Gasteiger charge is -2.09. The molecular formula is C10H12F2N2O4. The Bertz CT molecular complexity index is 561. The van der Waals surface area contributed by atoms with Gasteiger partial charge in [0.1, 0.15) is 0 Å². The van der Waals surface area contributed by atoms with Crippen molar-refractivity contribution in [1.82, 2.24) is 9.55 Å². The van der Waals surface area contributed by atoms with Crippen molar-refractivity contribution in [1.29, 1.82) is 0 Å². The summed E-state index contributed by atoms with van der Waals surface area (Å²) < 4.78 is 27.9. The van der Waals surface area contributed by atoms with Crippen LogP contribution < -0.4 is 11.2 Å². The second-order valence-corrected chi connectivity index (χ2v) is 4.41. The van der Waals surface area contributed by atoms with E-state index in [2.05, 4.69) is 0 Å². The third-order valence-corrected chi connectivity index (χ3v) is 3.53. The minimum Gasteiger partial charge on any atom is -0.395 e. The molecule has 0 saturated heterocycles. The molecule has 0 aliphatic heterocycles. The lowest BCUT2D eigenvalue weighted by Crippen LogP contribution is -2.30. The van der Waals surface area contributed by atoms with E-state index in [1.807, 2.05) is 4.98 Å². The SMILES string of the molecule is O=c1ccn(CC2C(F)(F)C2(CO)CO)c(=O)[nH]1. The molecule has 3 N–H and O–H groups in total. The molecule has 0 radical (unpaired) electrons. The van der Waals surface area contributed by atoms with Gasteiger partial charge in [-0.15, -0.1) is 0 Å². The molecule has 1 aromatic rings. The van der Waals surface area contributed by atoms with Gasteiger partial charge in [-0.25, -0.2) is 13.6 Å². The Morgan fingerprint density at radius 1 is 1.33 bits per heavy atom. The zero-order chi connectivity index (χ0) is 13.6. The molecule has 1 heterocycles. The van der Waals surface area contributed by atoms with Crippen LogP contribution in [0.15, 0.2) is 21.9 Å². The summed E-state index contributed by atoms with van der Waals surface area (Å²) in [6.07, 6.45) is 1.11. The standard InChI is InChI=1S/C10H12F2N2O4/c11-10(12)6(9(10,4-15)5-16)3-14-2-1-7(17)13-8(14)18/h1-2,6,15-16H,3-5H2,(H,13,17,18). The van der Waals surface area contributed by atoms with Crippen LogP contribution in [0.1, 0.15) is 0 Å². The largest absolute Gasteiger partial charge is 0.395 e. The molecule has 1 saturated carbocycles. The van der Waals surface area contributed by atoms with Gasteiger partial charge < -0.3 is 14.8 Å². The lowest BCUT2D eigenvalue weighted by molar-refractivity contribution is 0.00811. The summed E-state index contributed by atoms with van der Waals surface area (Å²) in [6, 6.07) is 1.04. The smallest absolute Gasteiger partial charge is 0.328 e. The number of aliphatic hydroxyl groups excluding tert-OH is 2. The Morgan fingerprint density at radius 2 is 1.94 bits per heavy atom. The molecule has 18 heavy (non-hydrogen) atoms. The fraction of sp³-hybridized carbons (Fsp3) is 0.600. The zero-order valence-corrected chi connectivity index (χ0v) is 9.27. The highest BCUT2D eigenvalue weighted by Crippen LogP contribution is 2.65. The topological polar surface area (TPSA) is 95.3 Å². The van der Waals surface area contributed by atoms with Crippen molar-refractivity contribution in [3.8, 4) is 0 Å². The van der Waals surface area contributed by atoms with Gasteiger partial charge in [0.05, 0.1) is 24.5 Å². The van der Waals surface area contributed by atoms with Gasteiger partial charge in [0.15, 0.2) is 0 Å². The number of hydrogen-bond acceptors (Lipinski definition) is 4. The summed E-state index contributed by atoms with van der Waals surface area (Å²) in [5.41, 5.74) is -3.30. The quantitative estimate of drug-likeness (QED) is 0.633. The van der Waals surface area contributed by atoms with Gasteiger partial charge >= 0.3 is 5.69 Å². The summed E-state index contributed by atoms with van der Waals surface area (Å²) in [7, 11) is 0. The monoisotopic (exact) mass is 262 g/mol. The minimum absolute atomic E-state index is 0.371. The highest BCUT2D eigenvalue weighted by atomic mass is 19.3. The fourth-order valence-corrected chi connectivity index (χ4v) is 2.15. The number of aromatic nitrogens is 2. The molecule has 1 aliphatic carbocycles.